The summed E-state index contributed by atoms with van der Waals surface area (Å²) in [7, 11) is 0. The van der Waals surface area contributed by atoms with Crippen molar-refractivity contribution >= 4 is 45.6 Å². The Morgan fingerprint density at radius 3 is 2.58 bits per heavy atom. The summed E-state index contributed by atoms with van der Waals surface area (Å²) in [6.07, 6.45) is 0.751. The number of nitrogens with zero attached hydrogens (tertiary/aromatic N) is 1. The first-order valence-electron chi connectivity index (χ1n) is 8.50. The minimum atomic E-state index is -1.84. The molecule has 1 aliphatic heterocycles. The molecule has 0 aromatic heterocycles. The number of carbonyl (C=O) groups is 1. The van der Waals surface area contributed by atoms with Gasteiger partial charge in [-0.05, 0) is 29.3 Å². The van der Waals surface area contributed by atoms with Crippen LogP contribution in [0.2, 0.25) is 10.0 Å². The van der Waals surface area contributed by atoms with Gasteiger partial charge in [0.1, 0.15) is 0 Å². The maximum absolute atomic E-state index is 13.4. The Hall–Kier alpha value is -2.07. The molecular formula is C21H17Cl2NO2. The molecule has 1 unspecified atom stereocenters. The summed E-state index contributed by atoms with van der Waals surface area (Å²) in [6.45, 7) is 2.46. The Labute approximate surface area is 161 Å². The van der Waals surface area contributed by atoms with E-state index in [1.54, 1.807) is 23.1 Å². The number of anilines is 1. The van der Waals surface area contributed by atoms with E-state index in [9.17, 15) is 9.90 Å². The maximum Gasteiger partial charge on any atom is 0.268 e. The van der Waals surface area contributed by atoms with Crippen LogP contribution in [-0.2, 0) is 10.4 Å². The highest BCUT2D eigenvalue weighted by Crippen LogP contribution is 2.50. The zero-order chi connectivity index (χ0) is 18.5. The third kappa shape index (κ3) is 2.35. The molecule has 132 valence electrons. The second-order valence-corrected chi connectivity index (χ2v) is 7.32. The third-order valence-electron chi connectivity index (χ3n) is 4.87. The number of benzene rings is 3. The van der Waals surface area contributed by atoms with Crippen molar-refractivity contribution in [1.29, 1.82) is 0 Å². The SMILES string of the molecule is CCCN1C(=O)C(O)(c2cccc3ccccc23)c2c(Cl)cc(Cl)cc21. The Balaban J connectivity index is 2.06. The standard InChI is InChI=1S/C21H17Cl2NO2/c1-2-10-24-18-12-14(22)11-17(23)19(18)21(26,20(24)25)16-9-5-7-13-6-3-4-8-15(13)16/h3-9,11-12,26H,2,10H2,1H3. The van der Waals surface area contributed by atoms with Gasteiger partial charge in [-0.1, -0.05) is 72.6 Å². The number of amides is 1. The fourth-order valence-corrected chi connectivity index (χ4v) is 4.40. The topological polar surface area (TPSA) is 40.5 Å². The van der Waals surface area contributed by atoms with E-state index in [1.165, 1.54) is 0 Å². The van der Waals surface area contributed by atoms with Gasteiger partial charge in [-0.2, -0.15) is 0 Å². The van der Waals surface area contributed by atoms with Gasteiger partial charge in [0.05, 0.1) is 10.7 Å². The van der Waals surface area contributed by atoms with Crippen LogP contribution in [0, 0.1) is 0 Å². The first kappa shape index (κ1) is 17.3. The molecule has 3 nitrogen and oxygen atoms in total. The molecule has 0 radical (unpaired) electrons. The van der Waals surface area contributed by atoms with Gasteiger partial charge < -0.3 is 10.0 Å². The van der Waals surface area contributed by atoms with Crippen LogP contribution in [0.3, 0.4) is 0 Å². The third-order valence-corrected chi connectivity index (χ3v) is 5.38. The molecule has 1 atom stereocenters. The van der Waals surface area contributed by atoms with Crippen LogP contribution in [-0.4, -0.2) is 17.6 Å². The van der Waals surface area contributed by atoms with Crippen molar-refractivity contribution in [2.75, 3.05) is 11.4 Å². The lowest BCUT2D eigenvalue weighted by molar-refractivity contribution is -0.132. The van der Waals surface area contributed by atoms with E-state index >= 15 is 0 Å². The molecule has 1 aliphatic rings. The lowest BCUT2D eigenvalue weighted by atomic mass is 9.84. The van der Waals surface area contributed by atoms with Crippen LogP contribution >= 0.6 is 23.2 Å². The number of hydrogen-bond acceptors (Lipinski definition) is 2. The summed E-state index contributed by atoms with van der Waals surface area (Å²) < 4.78 is 0. The van der Waals surface area contributed by atoms with Gasteiger partial charge in [0.15, 0.2) is 5.60 Å². The van der Waals surface area contributed by atoms with Crippen LogP contribution < -0.4 is 4.90 Å². The van der Waals surface area contributed by atoms with Gasteiger partial charge in [0, 0.05) is 22.7 Å². The molecule has 0 saturated heterocycles. The van der Waals surface area contributed by atoms with Crippen LogP contribution in [0.1, 0.15) is 24.5 Å². The molecule has 3 aromatic rings. The Morgan fingerprint density at radius 1 is 1.08 bits per heavy atom. The highest BCUT2D eigenvalue weighted by Gasteiger charge is 2.52. The van der Waals surface area contributed by atoms with Crippen molar-refractivity contribution in [3.05, 3.63) is 75.8 Å². The monoisotopic (exact) mass is 385 g/mol. The lowest BCUT2D eigenvalue weighted by Crippen LogP contribution is -2.41. The van der Waals surface area contributed by atoms with Crippen molar-refractivity contribution < 1.29 is 9.90 Å². The summed E-state index contributed by atoms with van der Waals surface area (Å²) in [5, 5.41) is 14.2. The molecule has 4 rings (SSSR count). The predicted molar refractivity (Wildman–Crippen MR) is 106 cm³/mol. The average Bonchev–Trinajstić information content (AvgIpc) is 2.84. The molecule has 0 fully saturated rings. The molecule has 1 heterocycles. The van der Waals surface area contributed by atoms with E-state index in [2.05, 4.69) is 0 Å². The molecule has 0 saturated carbocycles. The number of halogens is 2. The molecular weight excluding hydrogens is 369 g/mol. The van der Waals surface area contributed by atoms with Crippen molar-refractivity contribution in [3.8, 4) is 0 Å². The maximum atomic E-state index is 13.4. The van der Waals surface area contributed by atoms with E-state index < -0.39 is 11.5 Å². The summed E-state index contributed by atoms with van der Waals surface area (Å²) in [4.78, 5) is 14.9. The summed E-state index contributed by atoms with van der Waals surface area (Å²) in [6, 6.07) is 16.5. The first-order chi connectivity index (χ1) is 12.5. The minimum absolute atomic E-state index is 0.287. The smallest absolute Gasteiger partial charge is 0.268 e. The van der Waals surface area contributed by atoms with Crippen LogP contribution in [0.25, 0.3) is 10.8 Å². The zero-order valence-corrected chi connectivity index (χ0v) is 15.7. The summed E-state index contributed by atoms with van der Waals surface area (Å²) in [5.74, 6) is -0.394. The molecule has 26 heavy (non-hydrogen) atoms. The number of carbonyl (C=O) groups excluding carboxylic acids is 1. The molecule has 5 heteroatoms. The van der Waals surface area contributed by atoms with Crippen molar-refractivity contribution in [1.82, 2.24) is 0 Å². The Kier molecular flexibility index (Phi) is 4.19. The highest BCUT2D eigenvalue weighted by molar-refractivity contribution is 6.37. The van der Waals surface area contributed by atoms with Crippen molar-refractivity contribution in [2.24, 2.45) is 0 Å². The number of hydrogen-bond donors (Lipinski definition) is 1. The fraction of sp³-hybridized carbons (Fsp3) is 0.190. The molecule has 1 amide bonds. The largest absolute Gasteiger partial charge is 0.372 e. The van der Waals surface area contributed by atoms with E-state index in [4.69, 9.17) is 23.2 Å². The minimum Gasteiger partial charge on any atom is -0.372 e. The van der Waals surface area contributed by atoms with Gasteiger partial charge in [0.2, 0.25) is 0 Å². The Bertz CT molecular complexity index is 1030. The normalized spacial score (nSPS) is 19.2. The molecule has 0 aliphatic carbocycles. The van der Waals surface area contributed by atoms with Crippen LogP contribution in [0.5, 0.6) is 0 Å². The van der Waals surface area contributed by atoms with E-state index in [0.717, 1.165) is 17.2 Å². The number of rotatable bonds is 3. The first-order valence-corrected chi connectivity index (χ1v) is 9.26. The summed E-state index contributed by atoms with van der Waals surface area (Å²) >= 11 is 12.6. The average molecular weight is 386 g/mol. The molecule has 3 aromatic carbocycles. The Morgan fingerprint density at radius 2 is 1.81 bits per heavy atom. The van der Waals surface area contributed by atoms with E-state index in [0.29, 0.717) is 28.4 Å². The van der Waals surface area contributed by atoms with Gasteiger partial charge in [-0.15, -0.1) is 0 Å². The zero-order valence-electron chi connectivity index (χ0n) is 14.2. The van der Waals surface area contributed by atoms with Crippen molar-refractivity contribution in [2.45, 2.75) is 18.9 Å². The van der Waals surface area contributed by atoms with Gasteiger partial charge in [-0.3, -0.25) is 4.79 Å². The van der Waals surface area contributed by atoms with Gasteiger partial charge >= 0.3 is 0 Å². The second-order valence-electron chi connectivity index (χ2n) is 6.48. The number of aliphatic hydroxyl groups is 1. The van der Waals surface area contributed by atoms with E-state index in [-0.39, 0.29) is 5.02 Å². The summed E-state index contributed by atoms with van der Waals surface area (Å²) in [5.41, 5.74) is -0.333. The lowest BCUT2D eigenvalue weighted by Gasteiger charge is -2.25. The van der Waals surface area contributed by atoms with Gasteiger partial charge in [-0.25, -0.2) is 0 Å². The molecule has 0 spiro atoms. The van der Waals surface area contributed by atoms with Crippen molar-refractivity contribution in [3.63, 3.8) is 0 Å². The molecule has 1 N–H and O–H groups in total. The highest BCUT2D eigenvalue weighted by atomic mass is 35.5. The van der Waals surface area contributed by atoms with Crippen LogP contribution in [0.4, 0.5) is 5.69 Å². The second kappa shape index (κ2) is 6.27. The number of fused-ring (bicyclic) bond motifs is 2. The molecule has 0 bridgehead atoms. The predicted octanol–water partition coefficient (Wildman–Crippen LogP) is 5.14. The van der Waals surface area contributed by atoms with Crippen LogP contribution in [0.15, 0.2) is 54.6 Å². The van der Waals surface area contributed by atoms with Gasteiger partial charge in [0.25, 0.3) is 5.91 Å². The van der Waals surface area contributed by atoms with E-state index in [1.807, 2.05) is 43.3 Å². The quantitative estimate of drug-likeness (QED) is 0.677. The fourth-order valence-electron chi connectivity index (χ4n) is 3.78.